The van der Waals surface area contributed by atoms with Gasteiger partial charge in [0.05, 0.1) is 13.7 Å². The molecule has 0 spiro atoms. The molecule has 0 unspecified atom stereocenters. The molecule has 0 saturated heterocycles. The number of methoxy groups -OCH3 is 1. The number of rotatable bonds is 5. The molecule has 2 rings (SSSR count). The van der Waals surface area contributed by atoms with Crippen molar-refractivity contribution in [3.05, 3.63) is 51.5 Å². The van der Waals surface area contributed by atoms with Gasteiger partial charge < -0.3 is 14.5 Å². The summed E-state index contributed by atoms with van der Waals surface area (Å²) in [6, 6.07) is 12.0. The molecule has 0 radical (unpaired) electrons. The molecule has 0 saturated carbocycles. The van der Waals surface area contributed by atoms with E-state index in [1.165, 1.54) is 5.56 Å². The summed E-state index contributed by atoms with van der Waals surface area (Å²) >= 11 is 2.16. The smallest absolute Gasteiger partial charge is 0.164 e. The average molecular weight is 343 g/mol. The first-order chi connectivity index (χ1) is 8.28. The summed E-state index contributed by atoms with van der Waals surface area (Å²) in [5, 5.41) is 3.33. The fraction of sp³-hybridized carbons (Fsp3) is 0.231. The van der Waals surface area contributed by atoms with Crippen LogP contribution < -0.4 is 10.1 Å². The predicted molar refractivity (Wildman–Crippen MR) is 75.0 cm³/mol. The fourth-order valence-electron chi connectivity index (χ4n) is 1.52. The average Bonchev–Trinajstić information content (AvgIpc) is 2.76. The molecule has 1 aromatic heterocycles. The Morgan fingerprint density at radius 3 is 2.47 bits per heavy atom. The minimum absolute atomic E-state index is 0.745. The monoisotopic (exact) mass is 343 g/mol. The Labute approximate surface area is 114 Å². The highest BCUT2D eigenvalue weighted by atomic mass is 127. The quantitative estimate of drug-likeness (QED) is 0.847. The molecule has 0 aliphatic rings. The first-order valence-electron chi connectivity index (χ1n) is 5.36. The van der Waals surface area contributed by atoms with Crippen molar-refractivity contribution in [2.75, 3.05) is 7.11 Å². The number of furan rings is 1. The zero-order chi connectivity index (χ0) is 12.1. The third kappa shape index (κ3) is 3.74. The van der Waals surface area contributed by atoms with Gasteiger partial charge in [0.1, 0.15) is 11.5 Å². The van der Waals surface area contributed by atoms with Crippen molar-refractivity contribution < 1.29 is 9.15 Å². The lowest BCUT2D eigenvalue weighted by Gasteiger charge is -2.04. The van der Waals surface area contributed by atoms with Gasteiger partial charge in [0.25, 0.3) is 0 Å². The summed E-state index contributed by atoms with van der Waals surface area (Å²) in [6.07, 6.45) is 0. The molecule has 0 amide bonds. The van der Waals surface area contributed by atoms with E-state index in [1.54, 1.807) is 7.11 Å². The van der Waals surface area contributed by atoms with E-state index in [4.69, 9.17) is 9.15 Å². The zero-order valence-electron chi connectivity index (χ0n) is 9.57. The van der Waals surface area contributed by atoms with Gasteiger partial charge in [0.2, 0.25) is 0 Å². The molecular weight excluding hydrogens is 329 g/mol. The van der Waals surface area contributed by atoms with Crippen LogP contribution in [0.25, 0.3) is 0 Å². The van der Waals surface area contributed by atoms with Gasteiger partial charge in [-0.15, -0.1) is 0 Å². The molecule has 1 N–H and O–H groups in total. The summed E-state index contributed by atoms with van der Waals surface area (Å²) in [4.78, 5) is 0. The maximum absolute atomic E-state index is 5.46. The van der Waals surface area contributed by atoms with E-state index < -0.39 is 0 Å². The SMILES string of the molecule is COc1ccc(CNCc2ccc(I)o2)cc1. The summed E-state index contributed by atoms with van der Waals surface area (Å²) < 4.78 is 11.5. The molecule has 90 valence electrons. The lowest BCUT2D eigenvalue weighted by atomic mass is 10.2. The Hall–Kier alpha value is -1.01. The van der Waals surface area contributed by atoms with E-state index in [9.17, 15) is 0 Å². The standard InChI is InChI=1S/C13H14INO2/c1-16-11-4-2-10(3-5-11)8-15-9-12-6-7-13(14)17-12/h2-7,15H,8-9H2,1H3. The normalized spacial score (nSPS) is 10.5. The predicted octanol–water partition coefficient (Wildman–Crippen LogP) is 3.18. The van der Waals surface area contributed by atoms with Gasteiger partial charge in [0.15, 0.2) is 3.77 Å². The Balaban J connectivity index is 1.81. The van der Waals surface area contributed by atoms with Gasteiger partial charge in [-0.3, -0.25) is 0 Å². The van der Waals surface area contributed by atoms with Gasteiger partial charge in [-0.1, -0.05) is 12.1 Å². The Kier molecular flexibility index (Phi) is 4.44. The maximum atomic E-state index is 5.46. The van der Waals surface area contributed by atoms with Crippen LogP contribution in [0.4, 0.5) is 0 Å². The molecule has 1 heterocycles. The van der Waals surface area contributed by atoms with E-state index in [0.29, 0.717) is 0 Å². The van der Waals surface area contributed by atoms with E-state index in [0.717, 1.165) is 28.4 Å². The van der Waals surface area contributed by atoms with Crippen LogP contribution in [0.2, 0.25) is 0 Å². The largest absolute Gasteiger partial charge is 0.497 e. The highest BCUT2D eigenvalue weighted by molar-refractivity contribution is 14.1. The van der Waals surface area contributed by atoms with Crippen molar-refractivity contribution in [1.82, 2.24) is 5.32 Å². The van der Waals surface area contributed by atoms with Gasteiger partial charge in [-0.05, 0) is 52.4 Å². The third-order valence-corrected chi connectivity index (χ3v) is 3.00. The van der Waals surface area contributed by atoms with E-state index in [-0.39, 0.29) is 0 Å². The minimum atomic E-state index is 0.745. The van der Waals surface area contributed by atoms with Crippen LogP contribution >= 0.6 is 22.6 Å². The van der Waals surface area contributed by atoms with Gasteiger partial charge in [0, 0.05) is 6.54 Å². The highest BCUT2D eigenvalue weighted by Crippen LogP contribution is 2.12. The fourth-order valence-corrected chi connectivity index (χ4v) is 1.98. The van der Waals surface area contributed by atoms with Crippen molar-refractivity contribution >= 4 is 22.6 Å². The van der Waals surface area contributed by atoms with Crippen molar-refractivity contribution in [1.29, 1.82) is 0 Å². The van der Waals surface area contributed by atoms with Crippen LogP contribution in [-0.4, -0.2) is 7.11 Å². The molecule has 0 fully saturated rings. The molecule has 0 bridgehead atoms. The zero-order valence-corrected chi connectivity index (χ0v) is 11.7. The van der Waals surface area contributed by atoms with Gasteiger partial charge >= 0.3 is 0 Å². The molecule has 3 nitrogen and oxygen atoms in total. The first-order valence-corrected chi connectivity index (χ1v) is 6.43. The van der Waals surface area contributed by atoms with Crippen LogP contribution in [0, 0.1) is 3.77 Å². The second-order valence-corrected chi connectivity index (χ2v) is 4.72. The van der Waals surface area contributed by atoms with Gasteiger partial charge in [-0.25, -0.2) is 0 Å². The number of hydrogen-bond donors (Lipinski definition) is 1. The minimum Gasteiger partial charge on any atom is -0.497 e. The Morgan fingerprint density at radius 2 is 1.88 bits per heavy atom. The van der Waals surface area contributed by atoms with Crippen molar-refractivity contribution in [3.8, 4) is 5.75 Å². The summed E-state index contributed by atoms with van der Waals surface area (Å²) in [6.45, 7) is 1.57. The summed E-state index contributed by atoms with van der Waals surface area (Å²) in [7, 11) is 1.67. The van der Waals surface area contributed by atoms with E-state index >= 15 is 0 Å². The lowest BCUT2D eigenvalue weighted by Crippen LogP contribution is -2.11. The maximum Gasteiger partial charge on any atom is 0.164 e. The second-order valence-electron chi connectivity index (χ2n) is 3.66. The topological polar surface area (TPSA) is 34.4 Å². The number of ether oxygens (including phenoxy) is 1. The molecule has 2 aromatic rings. The molecule has 0 aliphatic carbocycles. The Morgan fingerprint density at radius 1 is 1.12 bits per heavy atom. The van der Waals surface area contributed by atoms with E-state index in [2.05, 4.69) is 40.0 Å². The van der Waals surface area contributed by atoms with Gasteiger partial charge in [-0.2, -0.15) is 0 Å². The third-order valence-electron chi connectivity index (χ3n) is 2.42. The molecule has 4 heteroatoms. The van der Waals surface area contributed by atoms with Crippen molar-refractivity contribution in [2.45, 2.75) is 13.1 Å². The lowest BCUT2D eigenvalue weighted by molar-refractivity contribution is 0.414. The van der Waals surface area contributed by atoms with Crippen molar-refractivity contribution in [3.63, 3.8) is 0 Å². The summed E-state index contributed by atoms with van der Waals surface area (Å²) in [5.41, 5.74) is 1.23. The summed E-state index contributed by atoms with van der Waals surface area (Å²) in [5.74, 6) is 1.84. The number of hydrogen-bond acceptors (Lipinski definition) is 3. The van der Waals surface area contributed by atoms with Crippen LogP contribution in [0.15, 0.2) is 40.8 Å². The number of nitrogens with one attached hydrogen (secondary N) is 1. The van der Waals surface area contributed by atoms with Crippen molar-refractivity contribution in [2.24, 2.45) is 0 Å². The van der Waals surface area contributed by atoms with Crippen LogP contribution in [-0.2, 0) is 13.1 Å². The van der Waals surface area contributed by atoms with Crippen LogP contribution in [0.1, 0.15) is 11.3 Å². The molecule has 17 heavy (non-hydrogen) atoms. The molecule has 1 aromatic carbocycles. The number of halogens is 1. The molecule has 0 aliphatic heterocycles. The molecule has 0 atom stereocenters. The van der Waals surface area contributed by atoms with Crippen LogP contribution in [0.5, 0.6) is 5.75 Å². The highest BCUT2D eigenvalue weighted by Gasteiger charge is 1.99. The first kappa shape index (κ1) is 12.4. The van der Waals surface area contributed by atoms with E-state index in [1.807, 2.05) is 24.3 Å². The molecular formula is C13H14INO2. The van der Waals surface area contributed by atoms with Crippen LogP contribution in [0.3, 0.4) is 0 Å². The second kappa shape index (κ2) is 6.07. The number of benzene rings is 1. The Bertz CT molecular complexity index is 465.